The number of rotatable bonds is 4. The van der Waals surface area contributed by atoms with Gasteiger partial charge in [0.2, 0.25) is 5.91 Å². The monoisotopic (exact) mass is 288 g/mol. The van der Waals surface area contributed by atoms with E-state index in [1.165, 1.54) is 4.90 Å². The normalized spacial score (nSPS) is 11.0. The number of nitrogens with zero attached hydrogens (tertiary/aromatic N) is 1. The highest BCUT2D eigenvalue weighted by Crippen LogP contribution is 2.09. The minimum absolute atomic E-state index is 0.0998. The standard InChI is InChI=1S/C16H20N2O3/c1-12(15(20)17-2)11-18(3)16(21)14-8-4-6-13(10-14)7-5-9-19/h4,6,8,10,12,19H,9,11H2,1-3H3,(H,17,20). The van der Waals surface area contributed by atoms with Gasteiger partial charge in [0.05, 0.1) is 5.92 Å². The van der Waals surface area contributed by atoms with Crippen LogP contribution in [0.3, 0.4) is 0 Å². The van der Waals surface area contributed by atoms with Gasteiger partial charge in [0.15, 0.2) is 0 Å². The third kappa shape index (κ3) is 4.93. The highest BCUT2D eigenvalue weighted by Gasteiger charge is 2.18. The quantitative estimate of drug-likeness (QED) is 0.792. The van der Waals surface area contributed by atoms with Crippen LogP contribution < -0.4 is 5.32 Å². The molecule has 0 bridgehead atoms. The van der Waals surface area contributed by atoms with Crippen LogP contribution in [-0.2, 0) is 4.79 Å². The average molecular weight is 288 g/mol. The van der Waals surface area contributed by atoms with Crippen molar-refractivity contribution in [3.8, 4) is 11.8 Å². The van der Waals surface area contributed by atoms with E-state index in [0.29, 0.717) is 17.7 Å². The number of carbonyl (C=O) groups excluding carboxylic acids is 2. The van der Waals surface area contributed by atoms with Crippen LogP contribution in [0.25, 0.3) is 0 Å². The van der Waals surface area contributed by atoms with Crippen molar-refractivity contribution in [3.63, 3.8) is 0 Å². The zero-order chi connectivity index (χ0) is 15.8. The highest BCUT2D eigenvalue weighted by molar-refractivity contribution is 5.94. The van der Waals surface area contributed by atoms with E-state index < -0.39 is 0 Å². The number of aliphatic hydroxyl groups is 1. The summed E-state index contributed by atoms with van der Waals surface area (Å²) in [5, 5.41) is 11.2. The molecule has 21 heavy (non-hydrogen) atoms. The van der Waals surface area contributed by atoms with E-state index in [4.69, 9.17) is 5.11 Å². The maximum absolute atomic E-state index is 12.3. The lowest BCUT2D eigenvalue weighted by atomic mass is 10.1. The summed E-state index contributed by atoms with van der Waals surface area (Å²) in [4.78, 5) is 25.3. The molecular formula is C16H20N2O3. The van der Waals surface area contributed by atoms with Crippen molar-refractivity contribution in [3.05, 3.63) is 35.4 Å². The van der Waals surface area contributed by atoms with Gasteiger partial charge in [-0.05, 0) is 18.2 Å². The van der Waals surface area contributed by atoms with Crippen molar-refractivity contribution >= 4 is 11.8 Å². The fourth-order valence-corrected chi connectivity index (χ4v) is 1.91. The molecule has 0 radical (unpaired) electrons. The number of carbonyl (C=O) groups is 2. The number of amides is 2. The molecule has 5 nitrogen and oxygen atoms in total. The molecule has 0 saturated heterocycles. The molecule has 0 aromatic heterocycles. The van der Waals surface area contributed by atoms with Gasteiger partial charge >= 0.3 is 0 Å². The molecule has 0 aliphatic carbocycles. The third-order valence-corrected chi connectivity index (χ3v) is 3.01. The number of aliphatic hydroxyl groups excluding tert-OH is 1. The summed E-state index contributed by atoms with van der Waals surface area (Å²) in [5.74, 6) is 4.76. The number of hydrogen-bond acceptors (Lipinski definition) is 3. The average Bonchev–Trinajstić information content (AvgIpc) is 2.51. The Balaban J connectivity index is 2.80. The van der Waals surface area contributed by atoms with Crippen molar-refractivity contribution in [2.75, 3.05) is 27.2 Å². The lowest BCUT2D eigenvalue weighted by Gasteiger charge is -2.20. The maximum Gasteiger partial charge on any atom is 0.253 e. The molecule has 0 heterocycles. The predicted molar refractivity (Wildman–Crippen MR) is 80.6 cm³/mol. The fraction of sp³-hybridized carbons (Fsp3) is 0.375. The molecule has 1 atom stereocenters. The van der Waals surface area contributed by atoms with Crippen molar-refractivity contribution < 1.29 is 14.7 Å². The molecule has 0 fully saturated rings. The van der Waals surface area contributed by atoms with Crippen LogP contribution in [0.15, 0.2) is 24.3 Å². The van der Waals surface area contributed by atoms with Crippen molar-refractivity contribution in [1.82, 2.24) is 10.2 Å². The Labute approximate surface area is 125 Å². The molecule has 0 aliphatic rings. The molecular weight excluding hydrogens is 268 g/mol. The smallest absolute Gasteiger partial charge is 0.253 e. The van der Waals surface area contributed by atoms with Crippen LogP contribution in [0.5, 0.6) is 0 Å². The van der Waals surface area contributed by atoms with Gasteiger partial charge in [-0.3, -0.25) is 9.59 Å². The molecule has 1 aromatic carbocycles. The summed E-state index contributed by atoms with van der Waals surface area (Å²) >= 11 is 0. The first kappa shape index (κ1) is 16.7. The molecule has 0 spiro atoms. The van der Waals surface area contributed by atoms with Gasteiger partial charge in [-0.25, -0.2) is 0 Å². The van der Waals surface area contributed by atoms with Crippen molar-refractivity contribution in [2.45, 2.75) is 6.92 Å². The first-order valence-electron chi connectivity index (χ1n) is 6.66. The van der Waals surface area contributed by atoms with E-state index in [1.807, 2.05) is 0 Å². The SMILES string of the molecule is CNC(=O)C(C)CN(C)C(=O)c1cccc(C#CCO)c1. The zero-order valence-electron chi connectivity index (χ0n) is 12.5. The first-order valence-corrected chi connectivity index (χ1v) is 6.66. The number of hydrogen-bond donors (Lipinski definition) is 2. The molecule has 0 aliphatic heterocycles. The van der Waals surface area contributed by atoms with Gasteiger partial charge in [-0.2, -0.15) is 0 Å². The Morgan fingerprint density at radius 3 is 2.76 bits per heavy atom. The molecule has 112 valence electrons. The summed E-state index contributed by atoms with van der Waals surface area (Å²) < 4.78 is 0. The molecule has 1 aromatic rings. The van der Waals surface area contributed by atoms with Gasteiger partial charge < -0.3 is 15.3 Å². The van der Waals surface area contributed by atoms with Gasteiger partial charge in [0, 0.05) is 31.8 Å². The molecule has 0 saturated carbocycles. The van der Waals surface area contributed by atoms with Crippen LogP contribution in [0.4, 0.5) is 0 Å². The van der Waals surface area contributed by atoms with E-state index >= 15 is 0 Å². The summed E-state index contributed by atoms with van der Waals surface area (Å²) in [6.07, 6.45) is 0. The minimum atomic E-state index is -0.277. The Kier molecular flexibility index (Phi) is 6.44. The minimum Gasteiger partial charge on any atom is -0.384 e. The molecule has 2 amide bonds. The topological polar surface area (TPSA) is 69.6 Å². The number of benzene rings is 1. The van der Waals surface area contributed by atoms with Crippen LogP contribution in [0.2, 0.25) is 0 Å². The molecule has 5 heteroatoms. The lowest BCUT2D eigenvalue weighted by Crippen LogP contribution is -2.37. The Hall–Kier alpha value is -2.32. The molecule has 1 unspecified atom stereocenters. The summed E-state index contributed by atoms with van der Waals surface area (Å²) in [6, 6.07) is 6.89. The van der Waals surface area contributed by atoms with E-state index in [-0.39, 0.29) is 24.3 Å². The van der Waals surface area contributed by atoms with Crippen molar-refractivity contribution in [2.24, 2.45) is 5.92 Å². The van der Waals surface area contributed by atoms with E-state index in [0.717, 1.165) is 0 Å². The van der Waals surface area contributed by atoms with Gasteiger partial charge in [-0.1, -0.05) is 24.8 Å². The summed E-state index contributed by atoms with van der Waals surface area (Å²) in [5.41, 5.74) is 1.17. The van der Waals surface area contributed by atoms with Gasteiger partial charge in [0.1, 0.15) is 6.61 Å². The fourth-order valence-electron chi connectivity index (χ4n) is 1.91. The predicted octanol–water partition coefficient (Wildman–Crippen LogP) is 0.484. The van der Waals surface area contributed by atoms with Crippen LogP contribution in [-0.4, -0.2) is 49.1 Å². The molecule has 2 N–H and O–H groups in total. The largest absolute Gasteiger partial charge is 0.384 e. The first-order chi connectivity index (χ1) is 9.99. The van der Waals surface area contributed by atoms with Crippen LogP contribution in [0.1, 0.15) is 22.8 Å². The Morgan fingerprint density at radius 1 is 1.43 bits per heavy atom. The van der Waals surface area contributed by atoms with Crippen LogP contribution in [0, 0.1) is 17.8 Å². The zero-order valence-corrected chi connectivity index (χ0v) is 12.5. The summed E-state index contributed by atoms with van der Waals surface area (Å²) in [7, 11) is 3.23. The Bertz CT molecular complexity index is 572. The molecule has 1 rings (SSSR count). The van der Waals surface area contributed by atoms with Crippen molar-refractivity contribution in [1.29, 1.82) is 0 Å². The second-order valence-corrected chi connectivity index (χ2v) is 4.74. The Morgan fingerprint density at radius 2 is 2.14 bits per heavy atom. The van der Waals surface area contributed by atoms with E-state index in [2.05, 4.69) is 17.2 Å². The second-order valence-electron chi connectivity index (χ2n) is 4.74. The van der Waals surface area contributed by atoms with E-state index in [9.17, 15) is 9.59 Å². The second kappa shape index (κ2) is 8.08. The van der Waals surface area contributed by atoms with E-state index in [1.54, 1.807) is 45.3 Å². The maximum atomic E-state index is 12.3. The van der Waals surface area contributed by atoms with Crippen LogP contribution >= 0.6 is 0 Å². The lowest BCUT2D eigenvalue weighted by molar-refractivity contribution is -0.124. The number of nitrogens with one attached hydrogen (secondary N) is 1. The van der Waals surface area contributed by atoms with Gasteiger partial charge in [0.25, 0.3) is 5.91 Å². The van der Waals surface area contributed by atoms with Gasteiger partial charge in [-0.15, -0.1) is 0 Å². The third-order valence-electron chi connectivity index (χ3n) is 3.01. The summed E-state index contributed by atoms with van der Waals surface area (Å²) in [6.45, 7) is 1.89. The highest BCUT2D eigenvalue weighted by atomic mass is 16.2.